The molecule has 1 unspecified atom stereocenters. The van der Waals surface area contributed by atoms with Crippen LogP contribution in [0.25, 0.3) is 0 Å². The van der Waals surface area contributed by atoms with E-state index in [-0.39, 0.29) is 11.9 Å². The summed E-state index contributed by atoms with van der Waals surface area (Å²) in [6.07, 6.45) is 6.91. The zero-order valence-electron chi connectivity index (χ0n) is 18.8. The maximum atomic E-state index is 12.7. The largest absolute Gasteiger partial charge is 0.458 e. The van der Waals surface area contributed by atoms with Gasteiger partial charge in [-0.15, -0.1) is 18.2 Å². The fourth-order valence-corrected chi connectivity index (χ4v) is 5.05. The van der Waals surface area contributed by atoms with Crippen LogP contribution in [0.4, 0.5) is 0 Å². The van der Waals surface area contributed by atoms with Crippen molar-refractivity contribution in [3.05, 3.63) is 98.3 Å². The number of aromatic amines is 1. The van der Waals surface area contributed by atoms with Crippen LogP contribution in [-0.4, -0.2) is 33.0 Å². The summed E-state index contributed by atoms with van der Waals surface area (Å²) in [6, 6.07) is 16.6. The topological polar surface area (TPSA) is 90.4 Å². The lowest BCUT2D eigenvalue weighted by Gasteiger charge is -2.24. The number of aryl methyl sites for hydroxylation is 2. The first-order chi connectivity index (χ1) is 16.3. The Labute approximate surface area is 201 Å². The van der Waals surface area contributed by atoms with Gasteiger partial charge in [-0.25, -0.2) is 9.59 Å². The Bertz CT molecular complexity index is 1340. The van der Waals surface area contributed by atoms with Gasteiger partial charge >= 0.3 is 11.7 Å². The predicted molar refractivity (Wildman–Crippen MR) is 130 cm³/mol. The Kier molecular flexibility index (Phi) is 6.77. The Hall–Kier alpha value is -3.54. The Morgan fingerprint density at radius 1 is 1.21 bits per heavy atom. The van der Waals surface area contributed by atoms with Gasteiger partial charge in [0.05, 0.1) is 10.8 Å². The molecule has 2 aromatic carbocycles. The number of terminal acetylenes is 1. The van der Waals surface area contributed by atoms with Crippen LogP contribution in [0.3, 0.4) is 0 Å². The lowest BCUT2D eigenvalue weighted by Crippen LogP contribution is -2.37. The number of carbonyl (C=O) groups excluding carboxylic acids is 1. The maximum Gasteiger partial charge on any atom is 0.338 e. The van der Waals surface area contributed by atoms with Gasteiger partial charge in [0.2, 0.25) is 0 Å². The van der Waals surface area contributed by atoms with Gasteiger partial charge in [-0.1, -0.05) is 41.8 Å². The molecule has 1 aromatic heterocycles. The van der Waals surface area contributed by atoms with Gasteiger partial charge < -0.3 is 9.47 Å². The van der Waals surface area contributed by atoms with E-state index in [0.29, 0.717) is 17.5 Å². The number of ether oxygens (including phenoxy) is 2. The summed E-state index contributed by atoms with van der Waals surface area (Å²) in [6.45, 7) is 3.45. The van der Waals surface area contributed by atoms with E-state index in [1.54, 1.807) is 37.3 Å². The Morgan fingerprint density at radius 3 is 2.59 bits per heavy atom. The molecule has 1 fully saturated rings. The summed E-state index contributed by atoms with van der Waals surface area (Å²) in [5.74, 6) is 2.14. The molecule has 2 heterocycles. The van der Waals surface area contributed by atoms with Gasteiger partial charge in [0.1, 0.15) is 6.61 Å². The highest BCUT2D eigenvalue weighted by molar-refractivity contribution is 8.00. The normalized spacial score (nSPS) is 21.7. The number of benzene rings is 2. The molecule has 1 aliphatic rings. The standard InChI is InChI=1S/C26H24N2O5S/c1-4-26(16-32-24(30)19-8-6-5-7-9-19)14-21(34-20-12-10-17(2)11-13-20)23(33-26)28-15-18(3)22(29)27-25(28)31/h1,5-13,15,21,23H,14,16H2,2-3H3,(H,27,29,31)/t21?,23-,26+/m1/s1. The molecule has 3 atom stereocenters. The fraction of sp³-hybridized carbons (Fsp3) is 0.269. The number of hydrogen-bond acceptors (Lipinski definition) is 6. The first kappa shape index (κ1) is 23.6. The van der Waals surface area contributed by atoms with Crippen LogP contribution in [-0.2, 0) is 9.47 Å². The molecule has 8 heteroatoms. The number of rotatable bonds is 6. The molecular weight excluding hydrogens is 452 g/mol. The van der Waals surface area contributed by atoms with Crippen LogP contribution >= 0.6 is 11.8 Å². The summed E-state index contributed by atoms with van der Waals surface area (Å²) >= 11 is 1.52. The van der Waals surface area contributed by atoms with Crippen molar-refractivity contribution >= 4 is 17.7 Å². The lowest BCUT2D eigenvalue weighted by molar-refractivity contribution is -0.0699. The Balaban J connectivity index is 1.64. The van der Waals surface area contributed by atoms with Crippen molar-refractivity contribution in [1.82, 2.24) is 9.55 Å². The predicted octanol–water partition coefficient (Wildman–Crippen LogP) is 3.46. The van der Waals surface area contributed by atoms with Crippen LogP contribution < -0.4 is 11.2 Å². The van der Waals surface area contributed by atoms with Crippen LogP contribution in [0.15, 0.2) is 75.3 Å². The molecule has 0 radical (unpaired) electrons. The van der Waals surface area contributed by atoms with Gasteiger partial charge in [-0.2, -0.15) is 0 Å². The average Bonchev–Trinajstić information content (AvgIpc) is 3.20. The molecule has 0 spiro atoms. The molecule has 7 nitrogen and oxygen atoms in total. The van der Waals surface area contributed by atoms with Crippen molar-refractivity contribution in [1.29, 1.82) is 0 Å². The third kappa shape index (κ3) is 5.01. The number of nitrogens with zero attached hydrogens (tertiary/aromatic N) is 1. The minimum Gasteiger partial charge on any atom is -0.458 e. The van der Waals surface area contributed by atoms with E-state index in [9.17, 15) is 14.4 Å². The maximum absolute atomic E-state index is 12.7. The van der Waals surface area contributed by atoms with Crippen molar-refractivity contribution in [2.24, 2.45) is 0 Å². The second-order valence-corrected chi connectivity index (χ2v) is 9.55. The van der Waals surface area contributed by atoms with Crippen molar-refractivity contribution in [3.8, 4) is 12.3 Å². The minimum atomic E-state index is -1.24. The highest BCUT2D eigenvalue weighted by Gasteiger charge is 2.48. The quantitative estimate of drug-likeness (QED) is 0.433. The van der Waals surface area contributed by atoms with E-state index >= 15 is 0 Å². The van der Waals surface area contributed by atoms with Gasteiger partial charge in [-0.3, -0.25) is 14.3 Å². The zero-order chi connectivity index (χ0) is 24.3. The molecule has 0 saturated carbocycles. The molecule has 1 N–H and O–H groups in total. The van der Waals surface area contributed by atoms with Crippen molar-refractivity contribution in [2.45, 2.75) is 42.2 Å². The molecule has 174 valence electrons. The van der Waals surface area contributed by atoms with E-state index in [0.717, 1.165) is 10.5 Å². The molecule has 1 saturated heterocycles. The van der Waals surface area contributed by atoms with E-state index < -0.39 is 29.0 Å². The highest BCUT2D eigenvalue weighted by Crippen LogP contribution is 2.45. The second-order valence-electron chi connectivity index (χ2n) is 8.24. The van der Waals surface area contributed by atoms with Gasteiger partial charge in [0, 0.05) is 23.1 Å². The molecule has 4 rings (SSSR count). The number of thioether (sulfide) groups is 1. The third-order valence-corrected chi connectivity index (χ3v) is 6.88. The third-order valence-electron chi connectivity index (χ3n) is 5.63. The van der Waals surface area contributed by atoms with Crippen molar-refractivity contribution in [3.63, 3.8) is 0 Å². The SMILES string of the molecule is C#C[C@@]1(COC(=O)c2ccccc2)CC(Sc2ccc(C)cc2)[C@H](n2cc(C)c(=O)[nH]c2=O)O1. The van der Waals surface area contributed by atoms with Crippen LogP contribution in [0.1, 0.15) is 34.1 Å². The number of nitrogens with one attached hydrogen (secondary N) is 1. The number of esters is 1. The molecule has 34 heavy (non-hydrogen) atoms. The van der Waals surface area contributed by atoms with Gasteiger partial charge in [-0.05, 0) is 38.1 Å². The Morgan fingerprint density at radius 2 is 1.91 bits per heavy atom. The number of aromatic nitrogens is 2. The van der Waals surface area contributed by atoms with Gasteiger partial charge in [0.25, 0.3) is 5.56 Å². The summed E-state index contributed by atoms with van der Waals surface area (Å²) < 4.78 is 13.1. The molecular formula is C26H24N2O5S. The summed E-state index contributed by atoms with van der Waals surface area (Å²) in [5, 5.41) is -0.280. The molecule has 3 aromatic rings. The second kappa shape index (κ2) is 9.75. The summed E-state index contributed by atoms with van der Waals surface area (Å²) in [5.41, 5.74) is -0.382. The smallest absolute Gasteiger partial charge is 0.338 e. The number of hydrogen-bond donors (Lipinski definition) is 1. The highest BCUT2D eigenvalue weighted by atomic mass is 32.2. The van der Waals surface area contributed by atoms with E-state index in [1.807, 2.05) is 31.2 Å². The number of carbonyl (C=O) groups is 1. The molecule has 1 aliphatic heterocycles. The van der Waals surface area contributed by atoms with Crippen LogP contribution in [0.2, 0.25) is 0 Å². The summed E-state index contributed by atoms with van der Waals surface area (Å²) in [7, 11) is 0. The van der Waals surface area contributed by atoms with Crippen molar-refractivity contribution in [2.75, 3.05) is 6.61 Å². The first-order valence-corrected chi connectivity index (χ1v) is 11.6. The molecule has 0 bridgehead atoms. The number of H-pyrrole nitrogens is 1. The summed E-state index contributed by atoms with van der Waals surface area (Å²) in [4.78, 5) is 40.4. The minimum absolute atomic E-state index is 0.171. The van der Waals surface area contributed by atoms with Gasteiger partial charge in [0.15, 0.2) is 11.8 Å². The zero-order valence-corrected chi connectivity index (χ0v) is 19.6. The first-order valence-electron chi connectivity index (χ1n) is 10.7. The molecule has 0 amide bonds. The fourth-order valence-electron chi connectivity index (χ4n) is 3.75. The van der Waals surface area contributed by atoms with Crippen LogP contribution in [0, 0.1) is 26.2 Å². The molecule has 0 aliphatic carbocycles. The van der Waals surface area contributed by atoms with Crippen molar-refractivity contribution < 1.29 is 14.3 Å². The van der Waals surface area contributed by atoms with Crippen LogP contribution in [0.5, 0.6) is 0 Å². The van der Waals surface area contributed by atoms with E-state index in [4.69, 9.17) is 15.9 Å². The van der Waals surface area contributed by atoms with E-state index in [1.165, 1.54) is 22.5 Å². The monoisotopic (exact) mass is 476 g/mol. The van der Waals surface area contributed by atoms with E-state index in [2.05, 4.69) is 10.9 Å². The lowest BCUT2D eigenvalue weighted by atomic mass is 10.0. The average molecular weight is 477 g/mol.